The Morgan fingerprint density at radius 1 is 1.09 bits per heavy atom. The van der Waals surface area contributed by atoms with Crippen LogP contribution in [0.5, 0.6) is 5.75 Å². The minimum atomic E-state index is -4.46. The van der Waals surface area contributed by atoms with Crippen molar-refractivity contribution >= 4 is 0 Å². The third-order valence-corrected chi connectivity index (χ3v) is 5.42. The summed E-state index contributed by atoms with van der Waals surface area (Å²) in [5.74, 6) is -2.51. The maximum absolute atomic E-state index is 14.7. The Morgan fingerprint density at radius 2 is 1.83 bits per heavy atom. The van der Waals surface area contributed by atoms with Crippen LogP contribution in [0.3, 0.4) is 0 Å². The third-order valence-electron chi connectivity index (χ3n) is 5.42. The zero-order chi connectivity index (χ0) is 25.2. The normalized spacial score (nSPS) is 14.5. The number of nitrogens with zero attached hydrogens (tertiary/aromatic N) is 5. The average molecular weight is 495 g/mol. The van der Waals surface area contributed by atoms with Crippen molar-refractivity contribution in [1.82, 2.24) is 25.4 Å². The van der Waals surface area contributed by atoms with Gasteiger partial charge in [0, 0.05) is 23.3 Å². The summed E-state index contributed by atoms with van der Waals surface area (Å²) < 4.78 is 76.5. The number of aromatic nitrogens is 5. The zero-order valence-electron chi connectivity index (χ0n) is 18.1. The van der Waals surface area contributed by atoms with Gasteiger partial charge in [-0.3, -0.25) is 0 Å². The van der Waals surface area contributed by atoms with Crippen molar-refractivity contribution in [3.05, 3.63) is 77.8 Å². The molecule has 0 fully saturated rings. The molecule has 0 aliphatic carbocycles. The Hall–Kier alpha value is -3.87. The number of hydrogen-bond acceptors (Lipinski definition) is 7. The highest BCUT2D eigenvalue weighted by Gasteiger charge is 2.42. The number of benzene rings is 2. The summed E-state index contributed by atoms with van der Waals surface area (Å²) in [6.07, 6.45) is -3.23. The van der Waals surface area contributed by atoms with Crippen molar-refractivity contribution in [2.24, 2.45) is 0 Å². The fourth-order valence-electron chi connectivity index (χ4n) is 3.55. The van der Waals surface area contributed by atoms with E-state index in [1.54, 1.807) is 6.92 Å². The second-order valence-electron chi connectivity index (χ2n) is 7.82. The molecule has 184 valence electrons. The highest BCUT2D eigenvalue weighted by molar-refractivity contribution is 5.60. The molecule has 4 rings (SSSR count). The molecule has 2 atom stereocenters. The fourth-order valence-corrected chi connectivity index (χ4v) is 3.55. The van der Waals surface area contributed by atoms with E-state index in [2.05, 4.69) is 25.4 Å². The van der Waals surface area contributed by atoms with Crippen molar-refractivity contribution in [3.8, 4) is 17.0 Å². The van der Waals surface area contributed by atoms with Crippen LogP contribution in [-0.4, -0.2) is 43.3 Å². The van der Waals surface area contributed by atoms with Gasteiger partial charge >= 0.3 is 6.18 Å². The molecule has 8 nitrogen and oxygen atoms in total. The number of rotatable bonds is 8. The minimum absolute atomic E-state index is 0.0192. The maximum atomic E-state index is 14.7. The monoisotopic (exact) mass is 495 g/mol. The van der Waals surface area contributed by atoms with Gasteiger partial charge in [-0.25, -0.2) is 13.5 Å². The quantitative estimate of drug-likeness (QED) is 0.365. The summed E-state index contributed by atoms with van der Waals surface area (Å²) in [4.78, 5) is 0. The van der Waals surface area contributed by atoms with Crippen molar-refractivity contribution in [1.29, 1.82) is 0 Å². The van der Waals surface area contributed by atoms with E-state index in [9.17, 15) is 27.1 Å². The maximum Gasteiger partial charge on any atom is 0.422 e. The Balaban J connectivity index is 1.61. The summed E-state index contributed by atoms with van der Waals surface area (Å²) in [7, 11) is 0. The largest absolute Gasteiger partial charge is 0.484 e. The molecule has 0 aliphatic rings. The molecule has 13 heteroatoms. The van der Waals surface area contributed by atoms with Crippen LogP contribution >= 0.6 is 0 Å². The van der Waals surface area contributed by atoms with Gasteiger partial charge in [0.1, 0.15) is 40.8 Å². The topological polar surface area (TPSA) is 99.1 Å². The molecule has 0 spiro atoms. The van der Waals surface area contributed by atoms with E-state index < -0.39 is 35.9 Å². The summed E-state index contributed by atoms with van der Waals surface area (Å²) in [6.45, 7) is -0.145. The van der Waals surface area contributed by atoms with Gasteiger partial charge in [0.25, 0.3) is 0 Å². The van der Waals surface area contributed by atoms with E-state index in [0.29, 0.717) is 17.3 Å². The highest BCUT2D eigenvalue weighted by atomic mass is 19.4. The minimum Gasteiger partial charge on any atom is -0.484 e. The van der Waals surface area contributed by atoms with Crippen molar-refractivity contribution in [2.45, 2.75) is 31.2 Å². The molecular weight excluding hydrogens is 477 g/mol. The van der Waals surface area contributed by atoms with Crippen LogP contribution in [0.1, 0.15) is 24.2 Å². The van der Waals surface area contributed by atoms with Crippen LogP contribution in [-0.2, 0) is 12.1 Å². The van der Waals surface area contributed by atoms with E-state index in [1.165, 1.54) is 41.3 Å². The van der Waals surface area contributed by atoms with Crippen LogP contribution < -0.4 is 4.74 Å². The van der Waals surface area contributed by atoms with E-state index in [-0.39, 0.29) is 23.6 Å². The molecule has 2 heterocycles. The summed E-state index contributed by atoms with van der Waals surface area (Å²) >= 11 is 0. The zero-order valence-corrected chi connectivity index (χ0v) is 18.1. The lowest BCUT2D eigenvalue weighted by Crippen LogP contribution is -2.38. The van der Waals surface area contributed by atoms with E-state index >= 15 is 0 Å². The predicted molar refractivity (Wildman–Crippen MR) is 110 cm³/mol. The summed E-state index contributed by atoms with van der Waals surface area (Å²) in [5, 5.41) is 26.3. The van der Waals surface area contributed by atoms with Crippen LogP contribution in [0, 0.1) is 11.6 Å². The first-order valence-corrected chi connectivity index (χ1v) is 10.2. The number of alkyl halides is 3. The van der Waals surface area contributed by atoms with Gasteiger partial charge in [0.15, 0.2) is 6.61 Å². The second kappa shape index (κ2) is 9.41. The summed E-state index contributed by atoms with van der Waals surface area (Å²) in [6, 6.07) is 9.98. The van der Waals surface area contributed by atoms with E-state index in [0.717, 1.165) is 12.1 Å². The van der Waals surface area contributed by atoms with Crippen molar-refractivity contribution in [3.63, 3.8) is 0 Å². The molecular formula is C22H18F5N5O3. The predicted octanol–water partition coefficient (Wildman–Crippen LogP) is 4.24. The van der Waals surface area contributed by atoms with Crippen LogP contribution in [0.15, 0.2) is 59.4 Å². The molecule has 0 radical (unpaired) electrons. The Kier molecular flexibility index (Phi) is 6.52. The fraction of sp³-hybridized carbons (Fsp3) is 0.273. The number of halogens is 5. The average Bonchev–Trinajstić information content (AvgIpc) is 3.49. The van der Waals surface area contributed by atoms with Crippen LogP contribution in [0.4, 0.5) is 22.0 Å². The molecule has 2 aromatic carbocycles. The smallest absolute Gasteiger partial charge is 0.422 e. The van der Waals surface area contributed by atoms with Gasteiger partial charge in [-0.1, -0.05) is 18.1 Å². The van der Waals surface area contributed by atoms with Crippen molar-refractivity contribution < 1.29 is 36.3 Å². The number of ether oxygens (including phenoxy) is 1. The molecule has 35 heavy (non-hydrogen) atoms. The molecule has 0 aliphatic heterocycles. The Labute approximate surface area is 194 Å². The third kappa shape index (κ3) is 5.45. The molecule has 0 unspecified atom stereocenters. The number of aliphatic hydroxyl groups is 1. The molecule has 1 N–H and O–H groups in total. The first-order chi connectivity index (χ1) is 16.5. The molecule has 0 bridgehead atoms. The molecule has 0 amide bonds. The van der Waals surface area contributed by atoms with Gasteiger partial charge in [-0.15, -0.1) is 5.10 Å². The van der Waals surface area contributed by atoms with Gasteiger partial charge < -0.3 is 14.4 Å². The van der Waals surface area contributed by atoms with Crippen molar-refractivity contribution in [2.75, 3.05) is 6.61 Å². The Bertz CT molecular complexity index is 1280. The Morgan fingerprint density at radius 3 is 2.46 bits per heavy atom. The lowest BCUT2D eigenvalue weighted by atomic mass is 9.80. The molecule has 4 aromatic rings. The second-order valence-corrected chi connectivity index (χ2v) is 7.82. The van der Waals surface area contributed by atoms with Crippen LogP contribution in [0.2, 0.25) is 0 Å². The standard InChI is InChI=1S/C22H18F5N5O3/c1-13(21(33,10-32-12-28-30-31-32)17-7-4-15(23)8-18(17)24)20-9-19(29-35-20)14-2-5-16(6-3-14)34-11-22(25,26)27/h2-9,12-13,33H,10-11H2,1H3/t13-,21+/m0/s1. The van der Waals surface area contributed by atoms with Gasteiger partial charge in [-0.2, -0.15) is 13.2 Å². The van der Waals surface area contributed by atoms with Gasteiger partial charge in [0.05, 0.1) is 12.5 Å². The van der Waals surface area contributed by atoms with Gasteiger partial charge in [-0.05, 0) is 40.8 Å². The molecule has 2 aromatic heterocycles. The highest BCUT2D eigenvalue weighted by Crippen LogP contribution is 2.40. The van der Waals surface area contributed by atoms with E-state index in [1.807, 2.05) is 0 Å². The number of hydrogen-bond donors (Lipinski definition) is 1. The van der Waals surface area contributed by atoms with Crippen LogP contribution in [0.25, 0.3) is 11.3 Å². The lowest BCUT2D eigenvalue weighted by molar-refractivity contribution is -0.153. The summed E-state index contributed by atoms with van der Waals surface area (Å²) in [5.41, 5.74) is -1.35. The number of tetrazole rings is 1. The molecule has 0 saturated carbocycles. The van der Waals surface area contributed by atoms with Gasteiger partial charge in [0.2, 0.25) is 0 Å². The SMILES string of the molecule is C[C@@H](c1cc(-c2ccc(OCC(F)(F)F)cc2)no1)[C@](O)(Cn1cnnn1)c1ccc(F)cc1F. The van der Waals surface area contributed by atoms with E-state index in [4.69, 9.17) is 4.52 Å². The first-order valence-electron chi connectivity index (χ1n) is 10.2. The lowest BCUT2D eigenvalue weighted by Gasteiger charge is -2.33. The molecule has 0 saturated heterocycles. The first kappa shape index (κ1) is 24.3.